The summed E-state index contributed by atoms with van der Waals surface area (Å²) in [5.74, 6) is 0.382. The van der Waals surface area contributed by atoms with Crippen LogP contribution in [0.3, 0.4) is 0 Å². The topological polar surface area (TPSA) is 67.6 Å². The van der Waals surface area contributed by atoms with Crippen LogP contribution in [0.4, 0.5) is 0 Å². The normalized spacial score (nSPS) is 21.0. The third-order valence-corrected chi connectivity index (χ3v) is 3.83. The van der Waals surface area contributed by atoms with Gasteiger partial charge < -0.3 is 15.8 Å². The molecule has 0 radical (unpaired) electrons. The van der Waals surface area contributed by atoms with Gasteiger partial charge in [0.1, 0.15) is 0 Å². The maximum Gasteiger partial charge on any atom is 0.234 e. The molecule has 0 spiro atoms. The van der Waals surface area contributed by atoms with E-state index in [4.69, 9.17) is 10.5 Å². The van der Waals surface area contributed by atoms with E-state index in [0.29, 0.717) is 32.2 Å². The molecule has 1 saturated heterocycles. The van der Waals surface area contributed by atoms with Gasteiger partial charge in [-0.1, -0.05) is 37.3 Å². The summed E-state index contributed by atoms with van der Waals surface area (Å²) in [6.07, 6.45) is 0.0507. The van der Waals surface area contributed by atoms with Crippen LogP contribution < -0.4 is 11.1 Å². The Bertz CT molecular complexity index is 438. The lowest BCUT2D eigenvalue weighted by Crippen LogP contribution is -2.49. The predicted molar refractivity (Wildman–Crippen MR) is 83.1 cm³/mol. The van der Waals surface area contributed by atoms with Crippen molar-refractivity contribution in [3.63, 3.8) is 0 Å². The molecule has 1 aliphatic rings. The maximum atomic E-state index is 12.0. The maximum absolute atomic E-state index is 12.0. The number of carbonyl (C=O) groups excluding carboxylic acids is 1. The first-order valence-electron chi connectivity index (χ1n) is 7.54. The van der Waals surface area contributed by atoms with Crippen molar-refractivity contribution in [3.8, 4) is 0 Å². The van der Waals surface area contributed by atoms with E-state index in [9.17, 15) is 4.79 Å². The standard InChI is InChI=1S/C16H25N3O2/c1-13(14-5-3-2-4-6-14)10-18-16(20)12-19-7-8-21-15(9-17)11-19/h2-6,13,15H,7-12,17H2,1H3,(H,18,20). The van der Waals surface area contributed by atoms with E-state index in [2.05, 4.69) is 29.3 Å². The number of nitrogens with zero attached hydrogens (tertiary/aromatic N) is 1. The van der Waals surface area contributed by atoms with E-state index in [0.717, 1.165) is 13.1 Å². The summed E-state index contributed by atoms with van der Waals surface area (Å²) < 4.78 is 5.50. The van der Waals surface area contributed by atoms with Crippen molar-refractivity contribution in [2.45, 2.75) is 18.9 Å². The minimum absolute atomic E-state index is 0.0507. The Labute approximate surface area is 126 Å². The highest BCUT2D eigenvalue weighted by molar-refractivity contribution is 5.78. The van der Waals surface area contributed by atoms with Crippen LogP contribution in [0.15, 0.2) is 30.3 Å². The van der Waals surface area contributed by atoms with Crippen molar-refractivity contribution in [1.29, 1.82) is 0 Å². The van der Waals surface area contributed by atoms with Crippen molar-refractivity contribution in [1.82, 2.24) is 10.2 Å². The number of hydrogen-bond donors (Lipinski definition) is 2. The molecule has 3 N–H and O–H groups in total. The van der Waals surface area contributed by atoms with Gasteiger partial charge in [-0.15, -0.1) is 0 Å². The Balaban J connectivity index is 1.72. The van der Waals surface area contributed by atoms with Gasteiger partial charge in [0.2, 0.25) is 5.91 Å². The fraction of sp³-hybridized carbons (Fsp3) is 0.562. The first-order chi connectivity index (χ1) is 10.2. The summed E-state index contributed by atoms with van der Waals surface area (Å²) in [5, 5.41) is 3.01. The van der Waals surface area contributed by atoms with E-state index in [1.54, 1.807) is 0 Å². The fourth-order valence-corrected chi connectivity index (χ4v) is 2.49. The molecule has 1 heterocycles. The van der Waals surface area contributed by atoms with Gasteiger partial charge in [0.25, 0.3) is 0 Å². The second-order valence-corrected chi connectivity index (χ2v) is 5.58. The largest absolute Gasteiger partial charge is 0.374 e. The van der Waals surface area contributed by atoms with Gasteiger partial charge in [0.05, 0.1) is 19.3 Å². The smallest absolute Gasteiger partial charge is 0.234 e. The first-order valence-corrected chi connectivity index (χ1v) is 7.54. The second-order valence-electron chi connectivity index (χ2n) is 5.58. The molecule has 0 aliphatic carbocycles. The number of nitrogens with one attached hydrogen (secondary N) is 1. The zero-order valence-corrected chi connectivity index (χ0v) is 12.6. The van der Waals surface area contributed by atoms with E-state index < -0.39 is 0 Å². The third-order valence-electron chi connectivity index (χ3n) is 3.83. The van der Waals surface area contributed by atoms with Crippen LogP contribution in [0.5, 0.6) is 0 Å². The summed E-state index contributed by atoms with van der Waals surface area (Å²) >= 11 is 0. The Kier molecular flexibility index (Phi) is 6.17. The van der Waals surface area contributed by atoms with Crippen molar-refractivity contribution in [2.75, 3.05) is 39.3 Å². The average Bonchev–Trinajstić information content (AvgIpc) is 2.53. The average molecular weight is 291 g/mol. The number of amides is 1. The van der Waals surface area contributed by atoms with Gasteiger partial charge in [-0.05, 0) is 11.5 Å². The van der Waals surface area contributed by atoms with E-state index in [1.165, 1.54) is 5.56 Å². The molecule has 5 nitrogen and oxygen atoms in total. The lowest BCUT2D eigenvalue weighted by molar-refractivity contribution is -0.124. The van der Waals surface area contributed by atoms with Crippen LogP contribution in [0.25, 0.3) is 0 Å². The zero-order valence-electron chi connectivity index (χ0n) is 12.6. The van der Waals surface area contributed by atoms with E-state index in [-0.39, 0.29) is 12.0 Å². The summed E-state index contributed by atoms with van der Waals surface area (Å²) in [7, 11) is 0. The Morgan fingerprint density at radius 2 is 2.24 bits per heavy atom. The fourth-order valence-electron chi connectivity index (χ4n) is 2.49. The van der Waals surface area contributed by atoms with Crippen LogP contribution in [0, 0.1) is 0 Å². The summed E-state index contributed by atoms with van der Waals surface area (Å²) in [5.41, 5.74) is 6.85. The molecule has 0 bridgehead atoms. The molecule has 5 heteroatoms. The molecule has 21 heavy (non-hydrogen) atoms. The molecule has 0 saturated carbocycles. The van der Waals surface area contributed by atoms with Crippen LogP contribution in [0.1, 0.15) is 18.4 Å². The molecule has 2 unspecified atom stereocenters. The lowest BCUT2D eigenvalue weighted by Gasteiger charge is -2.31. The Morgan fingerprint density at radius 1 is 1.48 bits per heavy atom. The highest BCUT2D eigenvalue weighted by Gasteiger charge is 2.21. The minimum atomic E-state index is 0.0507. The number of carbonyl (C=O) groups is 1. The van der Waals surface area contributed by atoms with Crippen LogP contribution in [0.2, 0.25) is 0 Å². The monoisotopic (exact) mass is 291 g/mol. The van der Waals surface area contributed by atoms with Crippen LogP contribution >= 0.6 is 0 Å². The molecule has 116 valence electrons. The number of ether oxygens (including phenoxy) is 1. The van der Waals surface area contributed by atoms with Crippen LogP contribution in [-0.2, 0) is 9.53 Å². The molecule has 1 aromatic carbocycles. The Hall–Kier alpha value is -1.43. The Morgan fingerprint density at radius 3 is 2.95 bits per heavy atom. The van der Waals surface area contributed by atoms with Crippen molar-refractivity contribution < 1.29 is 9.53 Å². The van der Waals surface area contributed by atoms with Gasteiger partial charge in [-0.3, -0.25) is 9.69 Å². The molecule has 1 aromatic rings. The van der Waals surface area contributed by atoms with E-state index in [1.807, 2.05) is 18.2 Å². The lowest BCUT2D eigenvalue weighted by atomic mass is 10.0. The van der Waals surface area contributed by atoms with Crippen molar-refractivity contribution in [2.24, 2.45) is 5.73 Å². The molecule has 1 fully saturated rings. The summed E-state index contributed by atoms with van der Waals surface area (Å²) in [4.78, 5) is 14.1. The third kappa shape index (κ3) is 5.12. The van der Waals surface area contributed by atoms with Gasteiger partial charge in [0, 0.05) is 26.2 Å². The molecular formula is C16H25N3O2. The number of benzene rings is 1. The van der Waals surface area contributed by atoms with E-state index >= 15 is 0 Å². The van der Waals surface area contributed by atoms with Gasteiger partial charge in [0.15, 0.2) is 0 Å². The SMILES string of the molecule is CC(CNC(=O)CN1CCOC(CN)C1)c1ccccc1. The molecule has 1 amide bonds. The van der Waals surface area contributed by atoms with Crippen molar-refractivity contribution >= 4 is 5.91 Å². The highest BCUT2D eigenvalue weighted by Crippen LogP contribution is 2.13. The zero-order chi connectivity index (χ0) is 15.1. The molecular weight excluding hydrogens is 266 g/mol. The number of rotatable bonds is 6. The predicted octanol–water partition coefficient (Wildman–Crippen LogP) is 0.566. The second kappa shape index (κ2) is 8.12. The number of morpholine rings is 1. The number of nitrogens with two attached hydrogens (primary N) is 1. The molecule has 2 rings (SSSR count). The molecule has 0 aromatic heterocycles. The van der Waals surface area contributed by atoms with Crippen LogP contribution in [-0.4, -0.2) is 56.2 Å². The molecule has 1 aliphatic heterocycles. The minimum Gasteiger partial charge on any atom is -0.374 e. The molecule has 2 atom stereocenters. The first kappa shape index (κ1) is 15.9. The van der Waals surface area contributed by atoms with Gasteiger partial charge in [-0.2, -0.15) is 0 Å². The van der Waals surface area contributed by atoms with Gasteiger partial charge in [-0.25, -0.2) is 0 Å². The quantitative estimate of drug-likeness (QED) is 0.804. The summed E-state index contributed by atoms with van der Waals surface area (Å²) in [6, 6.07) is 10.2. The summed E-state index contributed by atoms with van der Waals surface area (Å²) in [6.45, 7) is 5.87. The van der Waals surface area contributed by atoms with Gasteiger partial charge >= 0.3 is 0 Å². The number of hydrogen-bond acceptors (Lipinski definition) is 4. The highest BCUT2D eigenvalue weighted by atomic mass is 16.5. The van der Waals surface area contributed by atoms with Crippen molar-refractivity contribution in [3.05, 3.63) is 35.9 Å².